The normalized spacial score (nSPS) is 22.1. The Kier molecular flexibility index (Phi) is 5.71. The summed E-state index contributed by atoms with van der Waals surface area (Å²) < 4.78 is 0. The highest BCUT2D eigenvalue weighted by atomic mass is 16.4. The summed E-state index contributed by atoms with van der Waals surface area (Å²) in [6, 6.07) is 3.64. The van der Waals surface area contributed by atoms with Crippen molar-refractivity contribution in [3.8, 4) is 0 Å². The zero-order chi connectivity index (χ0) is 17.0. The van der Waals surface area contributed by atoms with Gasteiger partial charge in [-0.1, -0.05) is 13.8 Å². The van der Waals surface area contributed by atoms with Gasteiger partial charge in [0.1, 0.15) is 0 Å². The lowest BCUT2D eigenvalue weighted by molar-refractivity contribution is -0.145. The molecule has 0 spiro atoms. The first-order valence-corrected chi connectivity index (χ1v) is 8.03. The van der Waals surface area contributed by atoms with Crippen LogP contribution in [0, 0.1) is 24.7 Å². The Morgan fingerprint density at radius 3 is 2.61 bits per heavy atom. The Morgan fingerprint density at radius 2 is 2.04 bits per heavy atom. The van der Waals surface area contributed by atoms with Crippen LogP contribution in [-0.4, -0.2) is 46.5 Å². The van der Waals surface area contributed by atoms with E-state index in [2.05, 4.69) is 29.0 Å². The van der Waals surface area contributed by atoms with Gasteiger partial charge in [0.25, 0.3) is 0 Å². The second kappa shape index (κ2) is 7.55. The lowest BCUT2D eigenvalue weighted by Gasteiger charge is -2.36. The van der Waals surface area contributed by atoms with E-state index in [4.69, 9.17) is 0 Å². The summed E-state index contributed by atoms with van der Waals surface area (Å²) in [4.78, 5) is 30.1. The Labute approximate surface area is 136 Å². The van der Waals surface area contributed by atoms with Crippen LogP contribution >= 0.6 is 0 Å². The molecule has 0 aromatic carbocycles. The number of carboxylic acids is 1. The van der Waals surface area contributed by atoms with Crippen molar-refractivity contribution in [1.29, 1.82) is 0 Å². The van der Waals surface area contributed by atoms with Crippen LogP contribution in [-0.2, 0) is 9.59 Å². The number of likely N-dealkylation sites (tertiary alicyclic amines) is 1. The van der Waals surface area contributed by atoms with Crippen LogP contribution in [0.15, 0.2) is 18.3 Å². The first-order valence-electron chi connectivity index (χ1n) is 8.03. The molecule has 2 N–H and O–H groups in total. The third kappa shape index (κ3) is 5.03. The molecule has 0 unspecified atom stereocenters. The molecule has 1 amide bonds. The lowest BCUT2D eigenvalue weighted by atomic mass is 9.88. The van der Waals surface area contributed by atoms with Gasteiger partial charge in [-0.25, -0.2) is 0 Å². The lowest BCUT2D eigenvalue weighted by Crippen LogP contribution is -2.47. The number of aliphatic carboxylic acids is 1. The number of amides is 1. The number of rotatable bonds is 5. The molecule has 126 valence electrons. The fourth-order valence-corrected chi connectivity index (χ4v) is 3.01. The maximum Gasteiger partial charge on any atom is 0.307 e. The first-order chi connectivity index (χ1) is 10.8. The number of piperidine rings is 1. The van der Waals surface area contributed by atoms with Gasteiger partial charge in [-0.15, -0.1) is 0 Å². The molecule has 1 aliphatic rings. The summed E-state index contributed by atoms with van der Waals surface area (Å²) in [5, 5.41) is 12.2. The molecular formula is C17H25N3O3. The number of carbonyl (C=O) groups is 2. The van der Waals surface area contributed by atoms with Crippen molar-refractivity contribution in [2.75, 3.05) is 25.0 Å². The molecule has 0 aliphatic carbocycles. The molecule has 1 fully saturated rings. The molecule has 2 rings (SSSR count). The fraction of sp³-hybridized carbons (Fsp3) is 0.588. The Hall–Kier alpha value is -1.95. The van der Waals surface area contributed by atoms with E-state index >= 15 is 0 Å². The van der Waals surface area contributed by atoms with Crippen molar-refractivity contribution in [3.05, 3.63) is 24.0 Å². The zero-order valence-corrected chi connectivity index (χ0v) is 14.0. The molecule has 1 saturated heterocycles. The van der Waals surface area contributed by atoms with E-state index in [0.29, 0.717) is 31.1 Å². The van der Waals surface area contributed by atoms with Crippen LogP contribution in [0.5, 0.6) is 0 Å². The van der Waals surface area contributed by atoms with Crippen LogP contribution in [0.4, 0.5) is 5.69 Å². The van der Waals surface area contributed by atoms with E-state index in [0.717, 1.165) is 12.2 Å². The van der Waals surface area contributed by atoms with E-state index < -0.39 is 11.9 Å². The number of nitrogens with zero attached hydrogens (tertiary/aromatic N) is 2. The average Bonchev–Trinajstić information content (AvgIpc) is 2.48. The predicted octanol–water partition coefficient (Wildman–Crippen LogP) is 2.01. The summed E-state index contributed by atoms with van der Waals surface area (Å²) in [6.07, 6.45) is 2.01. The van der Waals surface area contributed by atoms with Crippen molar-refractivity contribution < 1.29 is 14.7 Å². The van der Waals surface area contributed by atoms with Crippen molar-refractivity contribution in [2.45, 2.75) is 27.2 Å². The second-order valence-electron chi connectivity index (χ2n) is 6.76. The van der Waals surface area contributed by atoms with E-state index in [1.54, 1.807) is 6.20 Å². The molecule has 6 nitrogen and oxygen atoms in total. The third-order valence-corrected chi connectivity index (χ3v) is 4.05. The van der Waals surface area contributed by atoms with Gasteiger partial charge in [-0.3, -0.25) is 14.6 Å². The highest BCUT2D eigenvalue weighted by Gasteiger charge is 2.35. The van der Waals surface area contributed by atoms with Gasteiger partial charge < -0.3 is 15.3 Å². The summed E-state index contributed by atoms with van der Waals surface area (Å²) >= 11 is 0. The largest absolute Gasteiger partial charge is 0.481 e. The number of pyridine rings is 1. The van der Waals surface area contributed by atoms with Gasteiger partial charge in [-0.2, -0.15) is 0 Å². The molecule has 6 heteroatoms. The van der Waals surface area contributed by atoms with E-state index in [-0.39, 0.29) is 11.8 Å². The van der Waals surface area contributed by atoms with E-state index in [9.17, 15) is 14.7 Å². The van der Waals surface area contributed by atoms with Gasteiger partial charge >= 0.3 is 5.97 Å². The van der Waals surface area contributed by atoms with Gasteiger partial charge in [0.15, 0.2) is 0 Å². The van der Waals surface area contributed by atoms with Crippen LogP contribution in [0.1, 0.15) is 26.0 Å². The molecule has 1 aromatic rings. The molecule has 2 atom stereocenters. The second-order valence-corrected chi connectivity index (χ2v) is 6.76. The monoisotopic (exact) mass is 319 g/mol. The minimum absolute atomic E-state index is 0.129. The number of hydrogen-bond acceptors (Lipinski definition) is 4. The molecule has 1 aromatic heterocycles. The average molecular weight is 319 g/mol. The number of carboxylic acid groups (broad SMARTS) is 1. The number of hydrogen-bond donors (Lipinski definition) is 2. The van der Waals surface area contributed by atoms with Crippen molar-refractivity contribution in [1.82, 2.24) is 9.88 Å². The maximum atomic E-state index is 12.5. The molecule has 0 radical (unpaired) electrons. The van der Waals surface area contributed by atoms with Crippen molar-refractivity contribution in [2.24, 2.45) is 17.8 Å². The van der Waals surface area contributed by atoms with Gasteiger partial charge in [0.2, 0.25) is 5.91 Å². The summed E-state index contributed by atoms with van der Waals surface area (Å²) in [6.45, 7) is 8.00. The number of anilines is 1. The van der Waals surface area contributed by atoms with Crippen LogP contribution in [0.25, 0.3) is 0 Å². The summed E-state index contributed by atoms with van der Waals surface area (Å²) in [5.74, 6) is -1.32. The molecule has 23 heavy (non-hydrogen) atoms. The zero-order valence-electron chi connectivity index (χ0n) is 14.0. The SMILES string of the molecule is Cc1ccc(NC(=O)[C@@H]2C[C@@H](C(=O)O)CN(CC(C)C)C2)cn1. The van der Waals surface area contributed by atoms with Gasteiger partial charge in [0, 0.05) is 25.3 Å². The topological polar surface area (TPSA) is 82.5 Å². The molecule has 1 aliphatic heterocycles. The number of carbonyl (C=O) groups excluding carboxylic acids is 1. The van der Waals surface area contributed by atoms with Crippen LogP contribution in [0.2, 0.25) is 0 Å². The fourth-order valence-electron chi connectivity index (χ4n) is 3.01. The molecular weight excluding hydrogens is 294 g/mol. The van der Waals surface area contributed by atoms with Gasteiger partial charge in [-0.05, 0) is 31.4 Å². The van der Waals surface area contributed by atoms with Crippen molar-refractivity contribution >= 4 is 17.6 Å². The Bertz CT molecular complexity index is 557. The highest BCUT2D eigenvalue weighted by Crippen LogP contribution is 2.24. The van der Waals surface area contributed by atoms with Crippen molar-refractivity contribution in [3.63, 3.8) is 0 Å². The first kappa shape index (κ1) is 17.4. The molecule has 0 saturated carbocycles. The molecule has 2 heterocycles. The smallest absolute Gasteiger partial charge is 0.307 e. The van der Waals surface area contributed by atoms with E-state index in [1.165, 1.54) is 0 Å². The minimum atomic E-state index is -0.826. The minimum Gasteiger partial charge on any atom is -0.481 e. The Morgan fingerprint density at radius 1 is 1.35 bits per heavy atom. The third-order valence-electron chi connectivity index (χ3n) is 4.05. The summed E-state index contributed by atoms with van der Waals surface area (Å²) in [5.41, 5.74) is 1.53. The standard InChI is InChI=1S/C17H25N3O3/c1-11(2)8-20-9-13(6-14(10-20)17(22)23)16(21)19-15-5-4-12(3)18-7-15/h4-5,7,11,13-14H,6,8-10H2,1-3H3,(H,19,21)(H,22,23)/t13-,14-/m1/s1. The van der Waals surface area contributed by atoms with Crippen LogP contribution < -0.4 is 5.32 Å². The molecule has 0 bridgehead atoms. The number of aromatic nitrogens is 1. The predicted molar refractivity (Wildman–Crippen MR) is 88.1 cm³/mol. The number of aryl methyl sites for hydroxylation is 1. The summed E-state index contributed by atoms with van der Waals surface area (Å²) in [7, 11) is 0. The van der Waals surface area contributed by atoms with Gasteiger partial charge in [0.05, 0.1) is 23.7 Å². The quantitative estimate of drug-likeness (QED) is 0.867. The maximum absolute atomic E-state index is 12.5. The highest BCUT2D eigenvalue weighted by molar-refractivity contribution is 5.93. The van der Waals surface area contributed by atoms with E-state index in [1.807, 2.05) is 19.1 Å². The number of nitrogens with one attached hydrogen (secondary N) is 1. The van der Waals surface area contributed by atoms with Crippen LogP contribution in [0.3, 0.4) is 0 Å². The Balaban J connectivity index is 2.04.